The number of aliphatic hydroxyl groups is 1. The van der Waals surface area contributed by atoms with E-state index in [4.69, 9.17) is 0 Å². The number of piperidine rings is 2. The second kappa shape index (κ2) is 12.8. The number of amides is 1. The van der Waals surface area contributed by atoms with Gasteiger partial charge in [0.05, 0.1) is 17.5 Å². The number of halogens is 1. The zero-order valence-corrected chi connectivity index (χ0v) is 27.0. The average Bonchev–Trinajstić information content (AvgIpc) is 3.55. The van der Waals surface area contributed by atoms with Crippen LogP contribution in [0.25, 0.3) is 16.7 Å². The average molecular weight is 670 g/mol. The molecule has 0 saturated carbocycles. The molecule has 0 unspecified atom stereocenters. The molecule has 10 nitrogen and oxygen atoms in total. The van der Waals surface area contributed by atoms with Gasteiger partial charge in [-0.05, 0) is 55.2 Å². The molecule has 1 N–H and O–H groups in total. The molecule has 4 heterocycles. The van der Waals surface area contributed by atoms with Crippen molar-refractivity contribution in [2.45, 2.75) is 42.2 Å². The Kier molecular flexibility index (Phi) is 8.48. The minimum Gasteiger partial charge on any atom is -0.388 e. The van der Waals surface area contributed by atoms with Crippen molar-refractivity contribution >= 4 is 27.0 Å². The first-order valence-electron chi connectivity index (χ1n) is 16.1. The van der Waals surface area contributed by atoms with Gasteiger partial charge in [-0.15, -0.1) is 0 Å². The zero-order chi connectivity index (χ0) is 33.5. The molecular weight excluding hydrogens is 633 g/mol. The maximum absolute atomic E-state index is 14.6. The van der Waals surface area contributed by atoms with Crippen LogP contribution < -0.4 is 5.56 Å². The molecule has 2 aromatic heterocycles. The third kappa shape index (κ3) is 5.95. The van der Waals surface area contributed by atoms with Gasteiger partial charge in [-0.1, -0.05) is 60.7 Å². The number of likely N-dealkylation sites (tertiary alicyclic amines) is 1. The van der Waals surface area contributed by atoms with Gasteiger partial charge in [0, 0.05) is 49.9 Å². The topological polar surface area (TPSA) is 118 Å². The Balaban J connectivity index is 1.06. The van der Waals surface area contributed by atoms with Gasteiger partial charge in [0.25, 0.3) is 5.56 Å². The third-order valence-electron chi connectivity index (χ3n) is 9.75. The van der Waals surface area contributed by atoms with E-state index in [1.54, 1.807) is 17.2 Å². The van der Waals surface area contributed by atoms with Crippen LogP contribution in [0, 0.1) is 11.7 Å². The summed E-state index contributed by atoms with van der Waals surface area (Å²) in [5, 5.41) is 12.0. The van der Waals surface area contributed by atoms with Crippen LogP contribution in [0.1, 0.15) is 30.7 Å². The van der Waals surface area contributed by atoms with Crippen molar-refractivity contribution in [1.29, 1.82) is 0 Å². The first-order valence-corrected chi connectivity index (χ1v) is 17.5. The lowest BCUT2D eigenvalue weighted by Crippen LogP contribution is -2.53. The Hall–Kier alpha value is -4.65. The summed E-state index contributed by atoms with van der Waals surface area (Å²) in [6.07, 6.45) is 4.08. The molecule has 0 spiro atoms. The fraction of sp³-hybridized carbons (Fsp3) is 0.306. The van der Waals surface area contributed by atoms with Crippen molar-refractivity contribution in [2.75, 3.05) is 26.2 Å². The molecule has 48 heavy (non-hydrogen) atoms. The lowest BCUT2D eigenvalue weighted by Gasteiger charge is -2.43. The molecule has 12 heteroatoms. The third-order valence-corrected chi connectivity index (χ3v) is 11.6. The van der Waals surface area contributed by atoms with Crippen LogP contribution in [-0.2, 0) is 21.4 Å². The number of carbonyl (C=O) groups excluding carboxylic acids is 1. The van der Waals surface area contributed by atoms with Gasteiger partial charge in [0.1, 0.15) is 17.0 Å². The quantitative estimate of drug-likeness (QED) is 0.278. The van der Waals surface area contributed by atoms with Gasteiger partial charge >= 0.3 is 0 Å². The number of rotatable bonds is 7. The van der Waals surface area contributed by atoms with Crippen LogP contribution in [0.2, 0.25) is 0 Å². The molecule has 2 fully saturated rings. The molecule has 3 aromatic carbocycles. The molecule has 0 radical (unpaired) electrons. The number of carbonyl (C=O) groups is 1. The highest BCUT2D eigenvalue weighted by Gasteiger charge is 2.43. The Bertz CT molecular complexity index is 2110. The summed E-state index contributed by atoms with van der Waals surface area (Å²) >= 11 is 0. The van der Waals surface area contributed by atoms with Crippen molar-refractivity contribution in [3.63, 3.8) is 0 Å². The maximum atomic E-state index is 14.6. The number of sulfonamides is 1. The number of para-hydroxylation sites is 1. The monoisotopic (exact) mass is 669 g/mol. The van der Waals surface area contributed by atoms with E-state index in [0.717, 1.165) is 17.3 Å². The van der Waals surface area contributed by atoms with Gasteiger partial charge in [0.15, 0.2) is 5.65 Å². The summed E-state index contributed by atoms with van der Waals surface area (Å²) in [5.41, 5.74) is 0.800. The van der Waals surface area contributed by atoms with Gasteiger partial charge in [-0.2, -0.15) is 4.31 Å². The van der Waals surface area contributed by atoms with Crippen molar-refractivity contribution < 1.29 is 22.7 Å². The summed E-state index contributed by atoms with van der Waals surface area (Å²) in [6, 6.07) is 26.0. The normalized spacial score (nSPS) is 20.2. The van der Waals surface area contributed by atoms with E-state index in [9.17, 15) is 27.5 Å². The van der Waals surface area contributed by atoms with E-state index in [1.165, 1.54) is 33.4 Å². The molecule has 2 saturated heterocycles. The summed E-state index contributed by atoms with van der Waals surface area (Å²) in [4.78, 5) is 33.4. The number of aromatic nitrogens is 3. The molecule has 248 valence electrons. The van der Waals surface area contributed by atoms with Crippen LogP contribution in [0.4, 0.5) is 4.39 Å². The molecule has 0 aliphatic carbocycles. The Morgan fingerprint density at radius 2 is 1.58 bits per heavy atom. The molecule has 0 bridgehead atoms. The van der Waals surface area contributed by atoms with Crippen LogP contribution in [0.15, 0.2) is 113 Å². The highest BCUT2D eigenvalue weighted by Crippen LogP contribution is 2.37. The highest BCUT2D eigenvalue weighted by atomic mass is 32.2. The van der Waals surface area contributed by atoms with Crippen molar-refractivity contribution in [2.24, 2.45) is 5.92 Å². The fourth-order valence-electron chi connectivity index (χ4n) is 7.08. The molecule has 5 aromatic rings. The van der Waals surface area contributed by atoms with Crippen molar-refractivity contribution in [1.82, 2.24) is 23.3 Å². The van der Waals surface area contributed by atoms with Crippen LogP contribution >= 0.6 is 0 Å². The molecule has 7 rings (SSSR count). The van der Waals surface area contributed by atoms with Gasteiger partial charge < -0.3 is 14.6 Å². The van der Waals surface area contributed by atoms with Crippen LogP contribution in [0.5, 0.6) is 0 Å². The lowest BCUT2D eigenvalue weighted by molar-refractivity contribution is -0.142. The molecule has 2 atom stereocenters. The van der Waals surface area contributed by atoms with Gasteiger partial charge in [0.2, 0.25) is 15.9 Å². The van der Waals surface area contributed by atoms with Gasteiger partial charge in [-0.3, -0.25) is 14.2 Å². The highest BCUT2D eigenvalue weighted by molar-refractivity contribution is 7.89. The Morgan fingerprint density at radius 3 is 2.29 bits per heavy atom. The Labute approximate surface area is 277 Å². The first-order chi connectivity index (χ1) is 23.1. The summed E-state index contributed by atoms with van der Waals surface area (Å²) in [7, 11) is -4.12. The maximum Gasteiger partial charge on any atom is 0.262 e. The van der Waals surface area contributed by atoms with Crippen LogP contribution in [-0.4, -0.2) is 74.5 Å². The molecular formula is C36H36FN5O5S. The SMILES string of the molecule is O=C([C@@H]1CCN(S(=O)(=O)c2ccccc2F)C[C@H]1c1ccccc1)N1CCC(O)(Cn2cnc3c(ccn3-c3ccccc3)c2=O)CC1. The predicted molar refractivity (Wildman–Crippen MR) is 179 cm³/mol. The van der Waals surface area contributed by atoms with E-state index in [0.29, 0.717) is 24.1 Å². The van der Waals surface area contributed by atoms with E-state index < -0.39 is 33.3 Å². The summed E-state index contributed by atoms with van der Waals surface area (Å²) in [5.74, 6) is -1.84. The van der Waals surface area contributed by atoms with Crippen molar-refractivity contribution in [3.8, 4) is 5.69 Å². The fourth-order valence-corrected chi connectivity index (χ4v) is 8.63. The van der Waals surface area contributed by atoms with Crippen LogP contribution in [0.3, 0.4) is 0 Å². The predicted octanol–water partition coefficient (Wildman–Crippen LogP) is 4.17. The molecule has 1 amide bonds. The lowest BCUT2D eigenvalue weighted by atomic mass is 9.80. The van der Waals surface area contributed by atoms with E-state index in [2.05, 4.69) is 4.98 Å². The summed E-state index contributed by atoms with van der Waals surface area (Å²) < 4.78 is 46.1. The second-order valence-corrected chi connectivity index (χ2v) is 14.6. The zero-order valence-electron chi connectivity index (χ0n) is 26.2. The van der Waals surface area contributed by atoms with Gasteiger partial charge in [-0.25, -0.2) is 17.8 Å². The van der Waals surface area contributed by atoms with E-state index in [-0.39, 0.29) is 55.3 Å². The minimum absolute atomic E-state index is 0.0409. The standard InChI is InChI=1S/C36H36FN5O5S/c37-31-13-7-8-14-32(31)48(46,47)41-19-15-28(30(23-41)26-9-3-1-4-10-26)34(43)39-21-17-36(45,18-22-39)24-40-25-38-33-29(35(40)44)16-20-42(33)27-11-5-2-6-12-27/h1-14,16,20,25,28,30,45H,15,17-19,21-24H2/t28-,30+/m1/s1. The van der Waals surface area contributed by atoms with E-state index >= 15 is 0 Å². The first kappa shape index (κ1) is 31.9. The molecule has 2 aliphatic rings. The number of hydrogen-bond acceptors (Lipinski definition) is 6. The number of hydrogen-bond donors (Lipinski definition) is 1. The molecule has 2 aliphatic heterocycles. The van der Waals surface area contributed by atoms with E-state index in [1.807, 2.05) is 65.2 Å². The number of fused-ring (bicyclic) bond motifs is 1. The Morgan fingerprint density at radius 1 is 0.917 bits per heavy atom. The number of nitrogens with zero attached hydrogens (tertiary/aromatic N) is 5. The number of benzene rings is 3. The smallest absolute Gasteiger partial charge is 0.262 e. The summed E-state index contributed by atoms with van der Waals surface area (Å²) in [6.45, 7) is 0.753. The largest absolute Gasteiger partial charge is 0.388 e. The second-order valence-electron chi connectivity index (χ2n) is 12.7. The minimum atomic E-state index is -4.12. The van der Waals surface area contributed by atoms with Crippen molar-refractivity contribution in [3.05, 3.63) is 125 Å².